The van der Waals surface area contributed by atoms with Crippen LogP contribution in [0.25, 0.3) is 0 Å². The molecule has 2 fully saturated rings. The quantitative estimate of drug-likeness (QED) is 0.229. The lowest BCUT2D eigenvalue weighted by Gasteiger charge is -2.38. The Morgan fingerprint density at radius 1 is 0.902 bits per heavy atom. The summed E-state index contributed by atoms with van der Waals surface area (Å²) in [5.41, 5.74) is 8.59. The molecule has 5 amide bonds. The van der Waals surface area contributed by atoms with Gasteiger partial charge in [0.05, 0.1) is 16.8 Å². The van der Waals surface area contributed by atoms with Gasteiger partial charge in [0.2, 0.25) is 11.8 Å². The number of hydrogen-bond acceptors (Lipinski definition) is 8. The van der Waals surface area contributed by atoms with Crippen LogP contribution in [0.2, 0.25) is 0 Å². The SMILES string of the molecule is CCCCCCNNC(=O)c1ccc(N2CCN(c3cccc4c3C(=O)N(C3CCC(=O)NC3=O)C4=O)CC2)cc1. The van der Waals surface area contributed by atoms with Crippen molar-refractivity contribution in [2.75, 3.05) is 42.5 Å². The highest BCUT2D eigenvalue weighted by Crippen LogP contribution is 2.35. The number of unbranched alkanes of at least 4 members (excludes halogenated alkanes) is 3. The Hall–Kier alpha value is -4.25. The van der Waals surface area contributed by atoms with Gasteiger partial charge in [-0.2, -0.15) is 0 Å². The zero-order chi connectivity index (χ0) is 28.9. The maximum atomic E-state index is 13.5. The summed E-state index contributed by atoms with van der Waals surface area (Å²) in [6.07, 6.45) is 4.74. The van der Waals surface area contributed by atoms with Crippen molar-refractivity contribution in [3.63, 3.8) is 0 Å². The molecule has 3 aliphatic heterocycles. The fourth-order valence-corrected chi connectivity index (χ4v) is 5.64. The first-order valence-corrected chi connectivity index (χ1v) is 14.4. The van der Waals surface area contributed by atoms with Crippen LogP contribution in [0.5, 0.6) is 0 Å². The number of hydrazine groups is 1. The van der Waals surface area contributed by atoms with Crippen LogP contribution in [0, 0.1) is 0 Å². The molecule has 2 aromatic rings. The minimum atomic E-state index is -0.989. The normalized spacial score (nSPS) is 19.0. The van der Waals surface area contributed by atoms with Gasteiger partial charge in [-0.3, -0.25) is 39.6 Å². The van der Waals surface area contributed by atoms with Gasteiger partial charge in [0.15, 0.2) is 0 Å². The lowest BCUT2D eigenvalue weighted by atomic mass is 10.0. The van der Waals surface area contributed by atoms with Crippen molar-refractivity contribution in [2.24, 2.45) is 0 Å². The van der Waals surface area contributed by atoms with Crippen molar-refractivity contribution < 1.29 is 24.0 Å². The van der Waals surface area contributed by atoms with E-state index in [-0.39, 0.29) is 24.3 Å². The van der Waals surface area contributed by atoms with E-state index < -0.39 is 29.7 Å². The van der Waals surface area contributed by atoms with Crippen LogP contribution in [-0.2, 0) is 9.59 Å². The van der Waals surface area contributed by atoms with Crippen LogP contribution < -0.4 is 26.0 Å². The maximum Gasteiger partial charge on any atom is 0.265 e. The molecule has 41 heavy (non-hydrogen) atoms. The molecule has 0 spiro atoms. The molecule has 3 N–H and O–H groups in total. The molecule has 0 bridgehead atoms. The number of piperidine rings is 1. The average molecular weight is 561 g/mol. The van der Waals surface area contributed by atoms with Crippen molar-refractivity contribution in [3.8, 4) is 0 Å². The number of hydrogen-bond donors (Lipinski definition) is 3. The number of imide groups is 2. The molecule has 216 valence electrons. The predicted octanol–water partition coefficient (Wildman–Crippen LogP) is 2.23. The Kier molecular flexibility index (Phi) is 8.63. The van der Waals surface area contributed by atoms with Gasteiger partial charge in [-0.1, -0.05) is 32.3 Å². The van der Waals surface area contributed by atoms with Gasteiger partial charge in [-0.15, -0.1) is 0 Å². The molecule has 0 radical (unpaired) electrons. The molecule has 2 saturated heterocycles. The highest BCUT2D eigenvalue weighted by molar-refractivity contribution is 6.25. The van der Waals surface area contributed by atoms with Crippen LogP contribution in [0.15, 0.2) is 42.5 Å². The molecule has 11 heteroatoms. The highest BCUT2D eigenvalue weighted by atomic mass is 16.2. The number of carbonyl (C=O) groups excluding carboxylic acids is 5. The first-order valence-electron chi connectivity index (χ1n) is 14.4. The number of benzene rings is 2. The summed E-state index contributed by atoms with van der Waals surface area (Å²) in [6.45, 7) is 5.54. The molecule has 0 aliphatic carbocycles. The monoisotopic (exact) mass is 560 g/mol. The number of nitrogens with zero attached hydrogens (tertiary/aromatic N) is 3. The van der Waals surface area contributed by atoms with E-state index in [1.54, 1.807) is 12.1 Å². The standard InChI is InChI=1S/C30H36N6O5/c1-2-3-4-5-15-31-33-27(38)20-9-11-21(12-10-20)34-16-18-35(19-17-34)23-8-6-7-22-26(23)30(41)36(29(22)40)24-13-14-25(37)32-28(24)39/h6-12,24,31H,2-5,13-19H2,1H3,(H,33,38)(H,32,37,39). The first-order chi connectivity index (χ1) is 19.9. The van der Waals surface area contributed by atoms with Crippen LogP contribution in [0.4, 0.5) is 11.4 Å². The predicted molar refractivity (Wildman–Crippen MR) is 154 cm³/mol. The molecule has 0 saturated carbocycles. The largest absolute Gasteiger partial charge is 0.368 e. The molecule has 2 aromatic carbocycles. The maximum absolute atomic E-state index is 13.5. The summed E-state index contributed by atoms with van der Waals surface area (Å²) in [7, 11) is 0. The summed E-state index contributed by atoms with van der Waals surface area (Å²) in [5.74, 6) is -2.18. The Morgan fingerprint density at radius 3 is 2.34 bits per heavy atom. The van der Waals surface area contributed by atoms with E-state index in [1.807, 2.05) is 30.3 Å². The molecule has 5 rings (SSSR count). The van der Waals surface area contributed by atoms with E-state index in [4.69, 9.17) is 0 Å². The third-order valence-electron chi connectivity index (χ3n) is 7.92. The third kappa shape index (κ3) is 5.95. The van der Waals surface area contributed by atoms with E-state index in [9.17, 15) is 24.0 Å². The summed E-state index contributed by atoms with van der Waals surface area (Å²) < 4.78 is 0. The van der Waals surface area contributed by atoms with Crippen molar-refractivity contribution in [2.45, 2.75) is 51.5 Å². The topological polar surface area (TPSA) is 131 Å². The number of anilines is 2. The summed E-state index contributed by atoms with van der Waals surface area (Å²) >= 11 is 0. The summed E-state index contributed by atoms with van der Waals surface area (Å²) in [5, 5.41) is 2.23. The Balaban J connectivity index is 1.19. The van der Waals surface area contributed by atoms with Gasteiger partial charge in [0, 0.05) is 50.4 Å². The average Bonchev–Trinajstić information content (AvgIpc) is 3.24. The molecular weight excluding hydrogens is 524 g/mol. The molecule has 11 nitrogen and oxygen atoms in total. The van der Waals surface area contributed by atoms with Gasteiger partial charge < -0.3 is 9.80 Å². The Bertz CT molecular complexity index is 1340. The van der Waals surface area contributed by atoms with Gasteiger partial charge in [-0.05, 0) is 49.2 Å². The van der Waals surface area contributed by atoms with E-state index in [0.717, 1.165) is 30.0 Å². The number of fused-ring (bicyclic) bond motifs is 1. The molecule has 1 unspecified atom stereocenters. The zero-order valence-corrected chi connectivity index (χ0v) is 23.3. The van der Waals surface area contributed by atoms with Crippen LogP contribution in [0.3, 0.4) is 0 Å². The van der Waals surface area contributed by atoms with Gasteiger partial charge >= 0.3 is 0 Å². The Labute approximate surface area is 239 Å². The lowest BCUT2D eigenvalue weighted by molar-refractivity contribution is -0.136. The second-order valence-electron chi connectivity index (χ2n) is 10.6. The molecule has 1 atom stereocenters. The summed E-state index contributed by atoms with van der Waals surface area (Å²) in [6, 6.07) is 11.7. The van der Waals surface area contributed by atoms with Gasteiger partial charge in [0.25, 0.3) is 17.7 Å². The lowest BCUT2D eigenvalue weighted by Crippen LogP contribution is -2.54. The van der Waals surface area contributed by atoms with Gasteiger partial charge in [-0.25, -0.2) is 5.43 Å². The number of piperazine rings is 1. The number of rotatable bonds is 10. The molecular formula is C30H36N6O5. The minimum absolute atomic E-state index is 0.0836. The van der Waals surface area contributed by atoms with Crippen molar-refractivity contribution in [1.82, 2.24) is 21.1 Å². The second-order valence-corrected chi connectivity index (χ2v) is 10.6. The second kappa shape index (κ2) is 12.5. The minimum Gasteiger partial charge on any atom is -0.368 e. The van der Waals surface area contributed by atoms with Crippen molar-refractivity contribution in [1.29, 1.82) is 0 Å². The van der Waals surface area contributed by atoms with Crippen LogP contribution in [-0.4, -0.2) is 73.2 Å². The molecule has 3 heterocycles. The molecule has 0 aromatic heterocycles. The van der Waals surface area contributed by atoms with E-state index in [1.165, 1.54) is 12.8 Å². The van der Waals surface area contributed by atoms with E-state index in [2.05, 4.69) is 32.9 Å². The summed E-state index contributed by atoms with van der Waals surface area (Å²) in [4.78, 5) is 68.4. The van der Waals surface area contributed by atoms with Gasteiger partial charge in [0.1, 0.15) is 6.04 Å². The smallest absolute Gasteiger partial charge is 0.265 e. The fraction of sp³-hybridized carbons (Fsp3) is 0.433. The highest BCUT2D eigenvalue weighted by Gasteiger charge is 2.46. The van der Waals surface area contributed by atoms with E-state index in [0.29, 0.717) is 43.0 Å². The number of nitrogens with one attached hydrogen (secondary N) is 3. The number of amides is 5. The van der Waals surface area contributed by atoms with Crippen LogP contribution in [0.1, 0.15) is 76.5 Å². The molecule has 3 aliphatic rings. The van der Waals surface area contributed by atoms with Crippen molar-refractivity contribution in [3.05, 3.63) is 59.2 Å². The van der Waals surface area contributed by atoms with E-state index >= 15 is 0 Å². The van der Waals surface area contributed by atoms with Crippen LogP contribution >= 0.6 is 0 Å². The third-order valence-corrected chi connectivity index (χ3v) is 7.92. The number of carbonyl (C=O) groups is 5. The Morgan fingerprint density at radius 2 is 1.63 bits per heavy atom. The van der Waals surface area contributed by atoms with Crippen molar-refractivity contribution >= 4 is 40.9 Å². The zero-order valence-electron chi connectivity index (χ0n) is 23.3. The first kappa shape index (κ1) is 28.3. The fourth-order valence-electron chi connectivity index (χ4n) is 5.64.